The molecule has 0 aromatic heterocycles. The number of thioether (sulfide) groups is 1. The molecule has 0 aliphatic carbocycles. The molecular weight excluding hydrogens is 334 g/mol. The second-order valence-electron chi connectivity index (χ2n) is 4.00. The van der Waals surface area contributed by atoms with E-state index < -0.39 is 12.0 Å². The van der Waals surface area contributed by atoms with Gasteiger partial charge in [-0.1, -0.05) is 0 Å². The Morgan fingerprint density at radius 1 is 1.42 bits per heavy atom. The summed E-state index contributed by atoms with van der Waals surface area (Å²) in [5, 5.41) is 12.0. The number of ether oxygens (including phenoxy) is 2. The Hall–Kier alpha value is -0.920. The lowest BCUT2D eigenvalue weighted by Crippen LogP contribution is -2.33. The van der Waals surface area contributed by atoms with Crippen LogP contribution in [-0.2, 0) is 4.79 Å². The van der Waals surface area contributed by atoms with Gasteiger partial charge in [-0.05, 0) is 22.0 Å². The van der Waals surface area contributed by atoms with Gasteiger partial charge < -0.3 is 14.6 Å². The Morgan fingerprint density at radius 3 is 2.63 bits per heavy atom. The number of hydrogen-bond donors (Lipinski definition) is 2. The van der Waals surface area contributed by atoms with Crippen LogP contribution >= 0.6 is 27.7 Å². The zero-order valence-corrected chi connectivity index (χ0v) is 12.9. The highest BCUT2D eigenvalue weighted by atomic mass is 79.9. The topological polar surface area (TPSA) is 67.8 Å². The Bertz CT molecular complexity index is 497. The van der Waals surface area contributed by atoms with E-state index in [0.717, 1.165) is 10.0 Å². The van der Waals surface area contributed by atoms with Crippen molar-refractivity contribution in [3.8, 4) is 11.5 Å². The lowest BCUT2D eigenvalue weighted by Gasteiger charge is -2.17. The summed E-state index contributed by atoms with van der Waals surface area (Å²) >= 11 is 4.98. The van der Waals surface area contributed by atoms with E-state index in [4.69, 9.17) is 14.6 Å². The number of carbonyl (C=O) groups is 1. The van der Waals surface area contributed by atoms with Gasteiger partial charge in [-0.3, -0.25) is 10.1 Å². The molecule has 1 aromatic rings. The summed E-state index contributed by atoms with van der Waals surface area (Å²) in [7, 11) is 3.17. The zero-order valence-electron chi connectivity index (χ0n) is 10.5. The van der Waals surface area contributed by atoms with Crippen molar-refractivity contribution >= 4 is 33.7 Å². The van der Waals surface area contributed by atoms with Gasteiger partial charge in [0.25, 0.3) is 0 Å². The molecule has 0 spiro atoms. The molecule has 2 N–H and O–H groups in total. The zero-order chi connectivity index (χ0) is 14.0. The Balaban J connectivity index is 2.30. The van der Waals surface area contributed by atoms with E-state index in [9.17, 15) is 4.79 Å². The molecule has 5 nitrogen and oxygen atoms in total. The molecule has 1 aromatic carbocycles. The van der Waals surface area contributed by atoms with Crippen LogP contribution in [0.4, 0.5) is 0 Å². The highest BCUT2D eigenvalue weighted by molar-refractivity contribution is 9.10. The predicted molar refractivity (Wildman–Crippen MR) is 77.0 cm³/mol. The average molecular weight is 348 g/mol. The monoisotopic (exact) mass is 347 g/mol. The van der Waals surface area contributed by atoms with Crippen LogP contribution in [0, 0.1) is 0 Å². The van der Waals surface area contributed by atoms with Crippen molar-refractivity contribution in [3.63, 3.8) is 0 Å². The first-order valence-corrected chi connectivity index (χ1v) is 7.43. The van der Waals surface area contributed by atoms with Crippen LogP contribution in [-0.4, -0.2) is 37.1 Å². The van der Waals surface area contributed by atoms with Crippen LogP contribution in [0.2, 0.25) is 0 Å². The number of methoxy groups -OCH3 is 2. The maximum Gasteiger partial charge on any atom is 0.321 e. The number of carboxylic acids is 1. The largest absolute Gasteiger partial charge is 0.496 e. The summed E-state index contributed by atoms with van der Waals surface area (Å²) in [5.74, 6) is 1.06. The van der Waals surface area contributed by atoms with Crippen molar-refractivity contribution in [2.45, 2.75) is 11.4 Å². The van der Waals surface area contributed by atoms with Gasteiger partial charge in [-0.2, -0.15) is 0 Å². The molecule has 2 rings (SSSR count). The van der Waals surface area contributed by atoms with Crippen molar-refractivity contribution in [3.05, 3.63) is 22.2 Å². The fraction of sp³-hybridized carbons (Fsp3) is 0.417. The van der Waals surface area contributed by atoms with Crippen LogP contribution in [0.5, 0.6) is 11.5 Å². The first-order chi connectivity index (χ1) is 9.06. The van der Waals surface area contributed by atoms with Gasteiger partial charge in [0.2, 0.25) is 0 Å². The summed E-state index contributed by atoms with van der Waals surface area (Å²) < 4.78 is 11.4. The Labute approximate surface area is 123 Å². The smallest absolute Gasteiger partial charge is 0.321 e. The molecule has 1 fully saturated rings. The number of rotatable bonds is 4. The summed E-state index contributed by atoms with van der Waals surface area (Å²) in [6.45, 7) is 0. The van der Waals surface area contributed by atoms with Crippen molar-refractivity contribution in [2.24, 2.45) is 0 Å². The van der Waals surface area contributed by atoms with Crippen LogP contribution in [0.3, 0.4) is 0 Å². The highest BCUT2D eigenvalue weighted by Gasteiger charge is 2.32. The molecule has 0 bridgehead atoms. The molecule has 1 saturated heterocycles. The third-order valence-electron chi connectivity index (χ3n) is 2.87. The number of nitrogens with one attached hydrogen (secondary N) is 1. The van der Waals surface area contributed by atoms with Crippen molar-refractivity contribution in [1.82, 2.24) is 5.32 Å². The van der Waals surface area contributed by atoms with Crippen molar-refractivity contribution in [1.29, 1.82) is 0 Å². The fourth-order valence-corrected chi connectivity index (χ4v) is 3.65. The van der Waals surface area contributed by atoms with E-state index >= 15 is 0 Å². The van der Waals surface area contributed by atoms with Gasteiger partial charge >= 0.3 is 5.97 Å². The van der Waals surface area contributed by atoms with Crippen LogP contribution in [0.15, 0.2) is 16.6 Å². The number of benzene rings is 1. The molecular formula is C12H14BrNO4S. The third kappa shape index (κ3) is 2.98. The predicted octanol–water partition coefficient (Wildman–Crippen LogP) is 2.25. The number of hydrogen-bond acceptors (Lipinski definition) is 5. The molecule has 0 amide bonds. The third-order valence-corrected chi connectivity index (χ3v) is 4.74. The van der Waals surface area contributed by atoms with Gasteiger partial charge in [0, 0.05) is 17.4 Å². The number of carboxylic acid groups (broad SMARTS) is 1. The normalized spacial score (nSPS) is 22.3. The van der Waals surface area contributed by atoms with E-state index in [1.165, 1.54) is 0 Å². The van der Waals surface area contributed by atoms with Crippen molar-refractivity contribution in [2.75, 3.05) is 20.0 Å². The molecule has 1 aliphatic heterocycles. The SMILES string of the molecule is COc1cc(OC)c([C@@H]2N[C@@H](C(=O)O)CS2)cc1Br. The Kier molecular flexibility index (Phi) is 4.59. The fourth-order valence-electron chi connectivity index (χ4n) is 1.88. The van der Waals surface area contributed by atoms with Crippen LogP contribution in [0.1, 0.15) is 10.9 Å². The summed E-state index contributed by atoms with van der Waals surface area (Å²) in [5.41, 5.74) is 0.906. The number of halogens is 1. The van der Waals surface area contributed by atoms with Gasteiger partial charge in [-0.15, -0.1) is 11.8 Å². The van der Waals surface area contributed by atoms with E-state index in [0.29, 0.717) is 17.3 Å². The molecule has 0 radical (unpaired) electrons. The lowest BCUT2D eigenvalue weighted by atomic mass is 10.1. The van der Waals surface area contributed by atoms with E-state index in [2.05, 4.69) is 21.2 Å². The standard InChI is InChI=1S/C12H14BrNO4S/c1-17-9-4-10(18-2)7(13)3-6(9)11-14-8(5-19-11)12(15)16/h3-4,8,11,14H,5H2,1-2H3,(H,15,16)/t8-,11-/m1/s1. The summed E-state index contributed by atoms with van der Waals surface area (Å²) in [6, 6.07) is 3.16. The number of aliphatic carboxylic acids is 1. The minimum atomic E-state index is -0.832. The molecule has 0 unspecified atom stereocenters. The first-order valence-electron chi connectivity index (χ1n) is 5.58. The van der Waals surface area contributed by atoms with Crippen molar-refractivity contribution < 1.29 is 19.4 Å². The molecule has 104 valence electrons. The van der Waals surface area contributed by atoms with Gasteiger partial charge in [-0.25, -0.2) is 0 Å². The lowest BCUT2D eigenvalue weighted by molar-refractivity contribution is -0.138. The Morgan fingerprint density at radius 2 is 2.11 bits per heavy atom. The van der Waals surface area contributed by atoms with E-state index in [-0.39, 0.29) is 5.37 Å². The minimum absolute atomic E-state index is 0.0988. The molecule has 7 heteroatoms. The molecule has 0 saturated carbocycles. The van der Waals surface area contributed by atoms with E-state index in [1.54, 1.807) is 32.0 Å². The molecule has 1 aliphatic rings. The quantitative estimate of drug-likeness (QED) is 0.870. The molecule has 19 heavy (non-hydrogen) atoms. The second kappa shape index (κ2) is 6.02. The summed E-state index contributed by atoms with van der Waals surface area (Å²) in [6.07, 6.45) is 0. The van der Waals surface area contributed by atoms with Gasteiger partial charge in [0.05, 0.1) is 24.1 Å². The maximum absolute atomic E-state index is 11.0. The van der Waals surface area contributed by atoms with Crippen LogP contribution < -0.4 is 14.8 Å². The van der Waals surface area contributed by atoms with Crippen LogP contribution in [0.25, 0.3) is 0 Å². The summed E-state index contributed by atoms with van der Waals surface area (Å²) in [4.78, 5) is 11.0. The average Bonchev–Trinajstić information content (AvgIpc) is 2.88. The second-order valence-corrected chi connectivity index (χ2v) is 5.99. The highest BCUT2D eigenvalue weighted by Crippen LogP contribution is 2.42. The van der Waals surface area contributed by atoms with E-state index in [1.807, 2.05) is 6.07 Å². The van der Waals surface area contributed by atoms with Gasteiger partial charge in [0.15, 0.2) is 0 Å². The molecule has 2 atom stereocenters. The minimum Gasteiger partial charge on any atom is -0.496 e. The maximum atomic E-state index is 11.0. The van der Waals surface area contributed by atoms with Gasteiger partial charge in [0.1, 0.15) is 17.5 Å². The molecule has 1 heterocycles. The first kappa shape index (κ1) is 14.5.